The van der Waals surface area contributed by atoms with Crippen molar-refractivity contribution in [2.75, 3.05) is 24.4 Å². The summed E-state index contributed by atoms with van der Waals surface area (Å²) in [4.78, 5) is 11.5. The molecule has 0 amide bonds. The Morgan fingerprint density at radius 2 is 1.92 bits per heavy atom. The normalized spacial score (nSPS) is 25.0. The molecule has 2 atom stereocenters. The molecule has 8 heteroatoms. The van der Waals surface area contributed by atoms with Gasteiger partial charge in [0.15, 0.2) is 5.82 Å². The first-order valence-electron chi connectivity index (χ1n) is 9.31. The van der Waals surface area contributed by atoms with Crippen molar-refractivity contribution < 1.29 is 4.74 Å². The summed E-state index contributed by atoms with van der Waals surface area (Å²) >= 11 is 0. The summed E-state index contributed by atoms with van der Waals surface area (Å²) in [5, 5.41) is 14.1. The number of methoxy groups -OCH3 is 1. The number of anilines is 3. The Morgan fingerprint density at radius 1 is 1.15 bits per heavy atom. The van der Waals surface area contributed by atoms with Gasteiger partial charge < -0.3 is 20.3 Å². The Bertz CT molecular complexity index is 750. The zero-order chi connectivity index (χ0) is 18.1. The summed E-state index contributed by atoms with van der Waals surface area (Å²) in [5.74, 6) is 2.64. The first-order chi connectivity index (χ1) is 12.6. The molecule has 2 bridgehead atoms. The molecule has 0 aliphatic carbocycles. The highest BCUT2D eigenvalue weighted by atomic mass is 16.5. The maximum atomic E-state index is 5.39. The molecule has 26 heavy (non-hydrogen) atoms. The van der Waals surface area contributed by atoms with Gasteiger partial charge in [0.2, 0.25) is 11.8 Å². The molecule has 2 unspecified atom stereocenters. The molecule has 4 heterocycles. The van der Waals surface area contributed by atoms with Gasteiger partial charge in [0.1, 0.15) is 5.82 Å². The van der Waals surface area contributed by atoms with Crippen LogP contribution in [0.2, 0.25) is 0 Å². The minimum atomic E-state index is 0.444. The van der Waals surface area contributed by atoms with Crippen molar-refractivity contribution in [2.45, 2.75) is 57.2 Å². The molecule has 2 aromatic heterocycles. The molecule has 0 aromatic carbocycles. The molecule has 4 rings (SSSR count). The summed E-state index contributed by atoms with van der Waals surface area (Å²) in [5.41, 5.74) is 0.993. The van der Waals surface area contributed by atoms with E-state index in [9.17, 15) is 0 Å². The smallest absolute Gasteiger partial charge is 0.230 e. The minimum absolute atomic E-state index is 0.444. The largest absolute Gasteiger partial charge is 0.481 e. The van der Waals surface area contributed by atoms with Gasteiger partial charge >= 0.3 is 0 Å². The van der Waals surface area contributed by atoms with Crippen LogP contribution in [-0.2, 0) is 0 Å². The summed E-state index contributed by atoms with van der Waals surface area (Å²) < 4.78 is 5.39. The number of ether oxygens (including phenoxy) is 1. The Morgan fingerprint density at radius 3 is 2.58 bits per heavy atom. The fraction of sp³-hybridized carbons (Fsp3) is 0.611. The van der Waals surface area contributed by atoms with Gasteiger partial charge in [-0.15, -0.1) is 0 Å². The number of fused-ring (bicyclic) bond motifs is 2. The second-order valence-electron chi connectivity index (χ2n) is 7.38. The second kappa shape index (κ2) is 7.11. The number of aromatic nitrogens is 4. The van der Waals surface area contributed by atoms with Crippen molar-refractivity contribution >= 4 is 17.6 Å². The van der Waals surface area contributed by atoms with E-state index in [1.54, 1.807) is 13.2 Å². The number of rotatable bonds is 5. The number of hydrogen-bond acceptors (Lipinski definition) is 7. The van der Waals surface area contributed by atoms with Crippen LogP contribution in [0, 0.1) is 6.92 Å². The molecule has 2 fully saturated rings. The topological polar surface area (TPSA) is 91.0 Å². The van der Waals surface area contributed by atoms with Gasteiger partial charge in [0, 0.05) is 43.0 Å². The molecular weight excluding hydrogens is 330 g/mol. The Hall–Kier alpha value is -2.35. The van der Waals surface area contributed by atoms with Crippen LogP contribution in [0.25, 0.3) is 0 Å². The number of H-pyrrole nitrogens is 1. The summed E-state index contributed by atoms with van der Waals surface area (Å²) in [7, 11) is 3.71. The van der Waals surface area contributed by atoms with Crippen LogP contribution in [0.15, 0.2) is 12.1 Å². The maximum Gasteiger partial charge on any atom is 0.230 e. The fourth-order valence-corrected chi connectivity index (χ4v) is 4.07. The highest BCUT2D eigenvalue weighted by Gasteiger charge is 2.34. The number of aryl methyl sites for hydroxylation is 1. The molecule has 8 nitrogen and oxygen atoms in total. The van der Waals surface area contributed by atoms with E-state index in [4.69, 9.17) is 9.72 Å². The van der Waals surface area contributed by atoms with Crippen molar-refractivity contribution in [3.8, 4) is 5.88 Å². The third-order valence-electron chi connectivity index (χ3n) is 5.42. The fourth-order valence-electron chi connectivity index (χ4n) is 4.07. The highest BCUT2D eigenvalue weighted by Crippen LogP contribution is 2.30. The van der Waals surface area contributed by atoms with E-state index >= 15 is 0 Å². The zero-order valence-corrected chi connectivity index (χ0v) is 15.6. The first kappa shape index (κ1) is 17.1. The predicted molar refractivity (Wildman–Crippen MR) is 101 cm³/mol. The van der Waals surface area contributed by atoms with E-state index in [1.165, 1.54) is 19.3 Å². The molecular formula is C18H27N7O. The Kier molecular flexibility index (Phi) is 4.67. The lowest BCUT2D eigenvalue weighted by atomic mass is 9.83. The van der Waals surface area contributed by atoms with Gasteiger partial charge in [-0.1, -0.05) is 6.42 Å². The third kappa shape index (κ3) is 3.60. The number of hydrogen-bond donors (Lipinski definition) is 3. The van der Waals surface area contributed by atoms with Gasteiger partial charge in [0.05, 0.1) is 7.11 Å². The van der Waals surface area contributed by atoms with Crippen LogP contribution in [0.3, 0.4) is 0 Å². The van der Waals surface area contributed by atoms with Gasteiger partial charge in [0.25, 0.3) is 0 Å². The van der Waals surface area contributed by atoms with E-state index in [2.05, 4.69) is 37.8 Å². The summed E-state index contributed by atoms with van der Waals surface area (Å²) in [6.45, 7) is 1.96. The first-order valence-corrected chi connectivity index (χ1v) is 9.31. The quantitative estimate of drug-likeness (QED) is 0.757. The molecule has 0 saturated carbocycles. The molecule has 0 radical (unpaired) electrons. The average molecular weight is 357 g/mol. The van der Waals surface area contributed by atoms with Crippen LogP contribution < -0.4 is 20.3 Å². The van der Waals surface area contributed by atoms with Gasteiger partial charge in [-0.05, 0) is 32.6 Å². The van der Waals surface area contributed by atoms with E-state index < -0.39 is 0 Å². The molecule has 2 aliphatic heterocycles. The lowest BCUT2D eigenvalue weighted by molar-refractivity contribution is 0.218. The minimum Gasteiger partial charge on any atom is -0.481 e. The monoisotopic (exact) mass is 357 g/mol. The van der Waals surface area contributed by atoms with Gasteiger partial charge in [-0.3, -0.25) is 5.10 Å². The van der Waals surface area contributed by atoms with Crippen molar-refractivity contribution in [3.05, 3.63) is 17.8 Å². The van der Waals surface area contributed by atoms with Crippen molar-refractivity contribution in [2.24, 2.45) is 0 Å². The lowest BCUT2D eigenvalue weighted by Gasteiger charge is -2.43. The third-order valence-corrected chi connectivity index (χ3v) is 5.42. The second-order valence-corrected chi connectivity index (χ2v) is 7.38. The van der Waals surface area contributed by atoms with E-state index in [0.717, 1.165) is 24.4 Å². The number of nitrogens with zero attached hydrogens (tertiary/aromatic N) is 4. The molecule has 0 spiro atoms. The van der Waals surface area contributed by atoms with Crippen molar-refractivity contribution in [3.63, 3.8) is 0 Å². The average Bonchev–Trinajstić information content (AvgIpc) is 3.05. The summed E-state index contributed by atoms with van der Waals surface area (Å²) in [6.07, 6.45) is 6.14. The molecule has 3 N–H and O–H groups in total. The van der Waals surface area contributed by atoms with Gasteiger partial charge in [-0.2, -0.15) is 15.1 Å². The van der Waals surface area contributed by atoms with Crippen LogP contribution in [0.5, 0.6) is 5.88 Å². The van der Waals surface area contributed by atoms with Crippen LogP contribution in [0.4, 0.5) is 17.6 Å². The van der Waals surface area contributed by atoms with Crippen LogP contribution in [0.1, 0.15) is 37.8 Å². The Labute approximate surface area is 153 Å². The van der Waals surface area contributed by atoms with Gasteiger partial charge in [-0.25, -0.2) is 0 Å². The van der Waals surface area contributed by atoms with Crippen molar-refractivity contribution in [1.29, 1.82) is 0 Å². The van der Waals surface area contributed by atoms with E-state index in [1.807, 2.05) is 13.0 Å². The highest BCUT2D eigenvalue weighted by molar-refractivity contribution is 5.55. The Balaban J connectivity index is 1.55. The molecule has 2 aromatic rings. The SMILES string of the molecule is COc1cc(Nc2cc(C)[nH]n2)nc(N(C)C2CC3CCCC(C2)N3)n1. The zero-order valence-electron chi connectivity index (χ0n) is 15.6. The lowest BCUT2D eigenvalue weighted by Crippen LogP contribution is -2.54. The molecule has 2 saturated heterocycles. The summed E-state index contributed by atoms with van der Waals surface area (Å²) in [6, 6.07) is 5.40. The standard InChI is InChI=1S/C18H27N7O/c1-11-7-16(24-23-11)20-15-10-17(26-3)22-18(21-15)25(2)14-8-12-5-4-6-13(9-14)19-12/h7,10,12-14,19H,4-6,8-9H2,1-3H3,(H2,20,21,22,23,24). The van der Waals surface area contributed by atoms with E-state index in [0.29, 0.717) is 35.8 Å². The number of aromatic amines is 1. The predicted octanol–water partition coefficient (Wildman–Crippen LogP) is 2.37. The van der Waals surface area contributed by atoms with E-state index in [-0.39, 0.29) is 0 Å². The van der Waals surface area contributed by atoms with Crippen LogP contribution >= 0.6 is 0 Å². The number of piperidine rings is 2. The van der Waals surface area contributed by atoms with Crippen LogP contribution in [-0.4, -0.2) is 52.4 Å². The number of nitrogens with one attached hydrogen (secondary N) is 3. The van der Waals surface area contributed by atoms with Crippen molar-refractivity contribution in [1.82, 2.24) is 25.5 Å². The molecule has 140 valence electrons. The maximum absolute atomic E-state index is 5.39. The molecule has 2 aliphatic rings.